The van der Waals surface area contributed by atoms with E-state index in [1.807, 2.05) is 0 Å². The zero-order valence-electron chi connectivity index (χ0n) is 2.33. The Morgan fingerprint density at radius 1 is 1.17 bits per heavy atom. The molecule has 0 aromatic carbocycles. The van der Waals surface area contributed by atoms with E-state index >= 15 is 0 Å². The third-order valence-corrected chi connectivity index (χ3v) is 2.03. The quantitative estimate of drug-likeness (QED) is 0.490. The van der Waals surface area contributed by atoms with Gasteiger partial charge in [-0.2, -0.15) is 0 Å². The van der Waals surface area contributed by atoms with Gasteiger partial charge in [0.25, 0.3) is 0 Å². The third kappa shape index (κ3) is 8.89. The molecule has 0 bridgehead atoms. The summed E-state index contributed by atoms with van der Waals surface area (Å²) in [7, 11) is 0. The molecule has 0 atom stereocenters. The summed E-state index contributed by atoms with van der Waals surface area (Å²) in [5.74, 6) is 0. The van der Waals surface area contributed by atoms with Crippen LogP contribution in [0, 0.1) is 0 Å². The molecule has 0 aliphatic rings. The van der Waals surface area contributed by atoms with E-state index in [9.17, 15) is 6.50 Å². The molecule has 0 heterocycles. The first-order valence-corrected chi connectivity index (χ1v) is 4.03. The van der Waals surface area contributed by atoms with Crippen molar-refractivity contribution in [1.82, 2.24) is 0 Å². The first-order chi connectivity index (χ1) is 2.41. The predicted octanol–water partition coefficient (Wildman–Crippen LogP) is -1.14. The molecule has 6 heavy (non-hydrogen) atoms. The van der Waals surface area contributed by atoms with Crippen LogP contribution in [0.3, 0.4) is 0 Å². The minimum absolute atomic E-state index is 0. The van der Waals surface area contributed by atoms with Crippen LogP contribution in [0.15, 0.2) is 0 Å². The van der Waals surface area contributed by atoms with E-state index in [0.717, 1.165) is 0 Å². The van der Waals surface area contributed by atoms with Crippen molar-refractivity contribution in [3.63, 3.8) is 0 Å². The zero-order chi connectivity index (χ0) is 4.12. The van der Waals surface area contributed by atoms with Crippen LogP contribution < -0.4 is 0 Å². The zero-order valence-corrected chi connectivity index (χ0v) is 6.66. The molecule has 2 N–H and O–H groups in total. The van der Waals surface area contributed by atoms with Gasteiger partial charge in [-0.25, -0.2) is 0 Å². The number of rotatable bonds is 2. The van der Waals surface area contributed by atoms with Crippen LogP contribution >= 0.6 is 0 Å². The first kappa shape index (κ1) is 10.1. The van der Waals surface area contributed by atoms with E-state index in [0.29, 0.717) is 0 Å². The molecule has 0 aromatic rings. The molecular weight excluding hydrogens is 458 g/mol. The van der Waals surface area contributed by atoms with Crippen molar-refractivity contribution < 1.29 is 54.0 Å². The molecule has 0 saturated heterocycles. The Hall–Kier alpha value is 1.00. The topological polar surface area (TPSA) is 74.9 Å². The van der Waals surface area contributed by atoms with Gasteiger partial charge in [-0.15, -0.1) is 0 Å². The summed E-state index contributed by atoms with van der Waals surface area (Å²) in [6.07, 6.45) is 0. The Bertz CT molecular complexity index is 34.8. The number of hydrogen-bond acceptors (Lipinski definition) is 3. The molecule has 0 spiro atoms. The first-order valence-electron chi connectivity index (χ1n) is 0.492. The summed E-state index contributed by atoms with van der Waals surface area (Å²) >= 11 is -2.65. The van der Waals surface area contributed by atoms with Crippen molar-refractivity contribution >= 4 is 0 Å². The minimum atomic E-state index is -1.33. The summed E-state index contributed by atoms with van der Waals surface area (Å²) in [6.45, 7) is 0. The maximum absolute atomic E-state index is 9.23. The second-order valence-electron chi connectivity index (χ2n) is 0.138. The predicted molar refractivity (Wildman–Crippen MR) is 6.07 cm³/mol. The Balaban J connectivity index is 0. The molecule has 0 aliphatic carbocycles. The van der Waals surface area contributed by atoms with Crippen LogP contribution in [0.25, 0.3) is 0 Å². The van der Waals surface area contributed by atoms with E-state index in [-0.39, 0.29) is 5.48 Å². The molecule has 0 aromatic heterocycles. The average molecular weight is 460 g/mol. The number of hydrogen-bond donors (Lipinski definition) is 0. The van der Waals surface area contributed by atoms with Crippen LogP contribution in [-0.4, -0.2) is 5.48 Å². The molecule has 0 radical (unpaired) electrons. The van der Waals surface area contributed by atoms with Gasteiger partial charge in [0.2, 0.25) is 0 Å². The molecule has 0 saturated carbocycles. The molecule has 6 heteroatoms. The van der Waals surface area contributed by atoms with Crippen molar-refractivity contribution in [1.29, 1.82) is 0 Å². The average Bonchev–Trinajstić information content (AvgIpc) is 1.41. The second kappa shape index (κ2) is 9.38. The van der Waals surface area contributed by atoms with Crippen LogP contribution in [0.2, 0.25) is 0 Å². The van der Waals surface area contributed by atoms with E-state index in [4.69, 9.17) is 0 Å². The summed E-state index contributed by atoms with van der Waals surface area (Å²) in [4.78, 5) is 0. The molecule has 0 fully saturated rings. The van der Waals surface area contributed by atoms with Gasteiger partial charge >= 0.3 is 48.5 Å². The van der Waals surface area contributed by atoms with Gasteiger partial charge in [0, 0.05) is 0 Å². The van der Waals surface area contributed by atoms with Gasteiger partial charge in [-0.3, -0.25) is 0 Å². The van der Waals surface area contributed by atoms with Gasteiger partial charge < -0.3 is 5.48 Å². The molecule has 0 unspecified atom stereocenters. The molecular formula is H2Au2O4. The van der Waals surface area contributed by atoms with Crippen LogP contribution in [0.1, 0.15) is 0 Å². The van der Waals surface area contributed by atoms with E-state index in [1.165, 1.54) is 0 Å². The SMILES string of the molecule is O.[O]=[Au][O][Au]=[O]. The van der Waals surface area contributed by atoms with Crippen molar-refractivity contribution in [2.45, 2.75) is 0 Å². The fraction of sp³-hybridized carbons (Fsp3) is 0. The van der Waals surface area contributed by atoms with Gasteiger partial charge in [0.15, 0.2) is 0 Å². The summed E-state index contributed by atoms with van der Waals surface area (Å²) < 4.78 is 22.4. The Labute approximate surface area is 53.9 Å². The van der Waals surface area contributed by atoms with Gasteiger partial charge in [0.05, 0.1) is 0 Å². The Morgan fingerprint density at radius 2 is 1.50 bits per heavy atom. The third-order valence-electron chi connectivity index (χ3n) is 0.0303. The summed E-state index contributed by atoms with van der Waals surface area (Å²) in [6, 6.07) is 0. The van der Waals surface area contributed by atoms with Gasteiger partial charge in [-0.1, -0.05) is 0 Å². The standard InChI is InChI=1S/2Au.H2O.3O/h;;1H2;;;. The Morgan fingerprint density at radius 3 is 1.50 bits per heavy atom. The Kier molecular flexibility index (Phi) is 15.8. The van der Waals surface area contributed by atoms with E-state index < -0.39 is 40.2 Å². The molecule has 0 aliphatic heterocycles. The van der Waals surface area contributed by atoms with E-state index in [2.05, 4.69) is 1.75 Å². The molecule has 4 nitrogen and oxygen atoms in total. The van der Waals surface area contributed by atoms with E-state index in [1.54, 1.807) is 0 Å². The molecule has 0 amide bonds. The van der Waals surface area contributed by atoms with Crippen molar-refractivity contribution in [3.8, 4) is 0 Å². The van der Waals surface area contributed by atoms with Gasteiger partial charge in [0.1, 0.15) is 0 Å². The fourth-order valence-electron chi connectivity index (χ4n) is 0.00619. The molecule has 0 rings (SSSR count). The molecule has 48 valence electrons. The monoisotopic (exact) mass is 460 g/mol. The fourth-order valence-corrected chi connectivity index (χ4v) is 0.414. The second-order valence-corrected chi connectivity index (χ2v) is 3.31. The maximum atomic E-state index is 9.23. The van der Waals surface area contributed by atoms with Crippen LogP contribution in [0.5, 0.6) is 0 Å². The van der Waals surface area contributed by atoms with Crippen molar-refractivity contribution in [2.24, 2.45) is 0 Å². The normalized spacial score (nSPS) is 8.00. The summed E-state index contributed by atoms with van der Waals surface area (Å²) in [5, 5.41) is 0. The van der Waals surface area contributed by atoms with Crippen LogP contribution in [0.4, 0.5) is 0 Å². The van der Waals surface area contributed by atoms with Crippen molar-refractivity contribution in [3.05, 3.63) is 0 Å². The van der Waals surface area contributed by atoms with Crippen LogP contribution in [-0.2, 0) is 48.5 Å². The van der Waals surface area contributed by atoms with Gasteiger partial charge in [-0.05, 0) is 0 Å². The summed E-state index contributed by atoms with van der Waals surface area (Å²) in [5.41, 5.74) is 0. The van der Waals surface area contributed by atoms with Crippen molar-refractivity contribution in [2.75, 3.05) is 0 Å².